The number of methoxy groups -OCH3 is 1. The van der Waals surface area contributed by atoms with Crippen molar-refractivity contribution in [3.05, 3.63) is 23.3 Å². The Morgan fingerprint density at radius 3 is 2.56 bits per heavy atom. The average Bonchev–Trinajstić information content (AvgIpc) is 2.81. The van der Waals surface area contributed by atoms with Gasteiger partial charge in [-0.1, -0.05) is 26.8 Å². The zero-order chi connectivity index (χ0) is 13.3. The van der Waals surface area contributed by atoms with E-state index in [2.05, 4.69) is 32.2 Å². The van der Waals surface area contributed by atoms with Crippen LogP contribution in [0.3, 0.4) is 0 Å². The van der Waals surface area contributed by atoms with E-state index in [1.54, 1.807) is 7.11 Å². The maximum absolute atomic E-state index is 10.3. The fourth-order valence-corrected chi connectivity index (χ4v) is 2.45. The number of benzene rings is 1. The molecule has 3 nitrogen and oxygen atoms in total. The highest BCUT2D eigenvalue weighted by Gasteiger charge is 2.25. The summed E-state index contributed by atoms with van der Waals surface area (Å²) in [5.41, 5.74) is 2.28. The van der Waals surface area contributed by atoms with Gasteiger partial charge in [-0.3, -0.25) is 0 Å². The fraction of sp³-hybridized carbons (Fsp3) is 0.600. The van der Waals surface area contributed by atoms with Gasteiger partial charge in [-0.15, -0.1) is 0 Å². The second kappa shape index (κ2) is 4.81. The van der Waals surface area contributed by atoms with E-state index < -0.39 is 0 Å². The van der Waals surface area contributed by atoms with Crippen LogP contribution in [-0.2, 0) is 5.41 Å². The van der Waals surface area contributed by atoms with E-state index in [1.807, 2.05) is 6.07 Å². The van der Waals surface area contributed by atoms with Gasteiger partial charge in [0.2, 0.25) is 0 Å². The summed E-state index contributed by atoms with van der Waals surface area (Å²) in [6.45, 7) is 8.48. The molecule has 100 valence electrons. The number of phenolic OH excluding ortho intramolecular Hbond substituents is 1. The molecule has 1 aromatic rings. The first-order chi connectivity index (χ1) is 8.43. The molecule has 0 radical (unpaired) electrons. The van der Waals surface area contributed by atoms with Crippen LogP contribution in [0.1, 0.15) is 44.2 Å². The Bertz CT molecular complexity index is 429. The van der Waals surface area contributed by atoms with E-state index in [0.717, 1.165) is 25.1 Å². The summed E-state index contributed by atoms with van der Waals surface area (Å²) in [4.78, 5) is 0. The summed E-state index contributed by atoms with van der Waals surface area (Å²) < 4.78 is 5.31. The van der Waals surface area contributed by atoms with Gasteiger partial charge >= 0.3 is 0 Å². The van der Waals surface area contributed by atoms with Crippen molar-refractivity contribution in [3.63, 3.8) is 0 Å². The van der Waals surface area contributed by atoms with Crippen LogP contribution < -0.4 is 10.1 Å². The second-order valence-electron chi connectivity index (χ2n) is 6.06. The summed E-state index contributed by atoms with van der Waals surface area (Å²) in [6, 6.07) is 4.08. The van der Waals surface area contributed by atoms with E-state index in [0.29, 0.717) is 17.4 Å². The number of rotatable bonds is 2. The standard InChI is InChI=1S/C15H23NO2/c1-15(2,3)11-7-12(10-5-6-16-9-10)14(17)13(8-11)18-4/h7-8,10,16-17H,5-6,9H2,1-4H3. The molecule has 1 saturated heterocycles. The molecule has 0 aliphatic carbocycles. The van der Waals surface area contributed by atoms with Gasteiger partial charge in [0.05, 0.1) is 7.11 Å². The van der Waals surface area contributed by atoms with E-state index in [9.17, 15) is 5.11 Å². The number of phenols is 1. The zero-order valence-electron chi connectivity index (χ0n) is 11.7. The number of ether oxygens (including phenoxy) is 1. The van der Waals surface area contributed by atoms with Crippen molar-refractivity contribution in [2.75, 3.05) is 20.2 Å². The first-order valence-electron chi connectivity index (χ1n) is 6.55. The average molecular weight is 249 g/mol. The van der Waals surface area contributed by atoms with Gasteiger partial charge in [0.25, 0.3) is 0 Å². The molecular weight excluding hydrogens is 226 g/mol. The van der Waals surface area contributed by atoms with Gasteiger partial charge in [-0.25, -0.2) is 0 Å². The smallest absolute Gasteiger partial charge is 0.161 e. The molecule has 0 spiro atoms. The van der Waals surface area contributed by atoms with Crippen molar-refractivity contribution in [2.24, 2.45) is 0 Å². The Hall–Kier alpha value is -1.22. The third kappa shape index (κ3) is 2.46. The molecule has 0 aromatic heterocycles. The predicted octanol–water partition coefficient (Wildman–Crippen LogP) is 2.78. The Morgan fingerprint density at radius 1 is 1.33 bits per heavy atom. The minimum absolute atomic E-state index is 0.0573. The minimum atomic E-state index is 0.0573. The monoisotopic (exact) mass is 249 g/mol. The second-order valence-corrected chi connectivity index (χ2v) is 6.06. The van der Waals surface area contributed by atoms with Crippen molar-refractivity contribution in [2.45, 2.75) is 38.5 Å². The third-order valence-electron chi connectivity index (χ3n) is 3.69. The predicted molar refractivity (Wildman–Crippen MR) is 73.6 cm³/mol. The molecule has 1 aliphatic rings. The van der Waals surface area contributed by atoms with Crippen molar-refractivity contribution in [1.29, 1.82) is 0 Å². The lowest BCUT2D eigenvalue weighted by Crippen LogP contribution is -2.13. The van der Waals surface area contributed by atoms with Crippen molar-refractivity contribution < 1.29 is 9.84 Å². The Balaban J connectivity index is 2.49. The number of hydrogen-bond donors (Lipinski definition) is 2. The van der Waals surface area contributed by atoms with Gasteiger partial charge in [0, 0.05) is 18.0 Å². The molecule has 0 saturated carbocycles. The van der Waals surface area contributed by atoms with Crippen LogP contribution in [0.4, 0.5) is 0 Å². The quantitative estimate of drug-likeness (QED) is 0.847. The molecule has 0 amide bonds. The first-order valence-corrected chi connectivity index (χ1v) is 6.55. The van der Waals surface area contributed by atoms with E-state index in [4.69, 9.17) is 4.74 Å². The summed E-state index contributed by atoms with van der Waals surface area (Å²) in [7, 11) is 1.61. The highest BCUT2D eigenvalue weighted by atomic mass is 16.5. The van der Waals surface area contributed by atoms with E-state index >= 15 is 0 Å². The minimum Gasteiger partial charge on any atom is -0.504 e. The lowest BCUT2D eigenvalue weighted by Gasteiger charge is -2.23. The number of hydrogen-bond acceptors (Lipinski definition) is 3. The third-order valence-corrected chi connectivity index (χ3v) is 3.69. The summed E-state index contributed by atoms with van der Waals surface area (Å²) in [5.74, 6) is 1.28. The molecule has 1 heterocycles. The maximum atomic E-state index is 10.3. The van der Waals surface area contributed by atoms with Crippen LogP contribution in [-0.4, -0.2) is 25.3 Å². The first kappa shape index (κ1) is 13.2. The Kier molecular flexibility index (Phi) is 3.53. The molecule has 2 N–H and O–H groups in total. The van der Waals surface area contributed by atoms with Gasteiger partial charge < -0.3 is 15.2 Å². The van der Waals surface area contributed by atoms with Gasteiger partial charge in [-0.05, 0) is 30.0 Å². The molecule has 2 rings (SSSR count). The SMILES string of the molecule is COc1cc(C(C)(C)C)cc(C2CCNC2)c1O. The Labute approximate surface area is 109 Å². The normalized spacial score (nSPS) is 20.1. The van der Waals surface area contributed by atoms with E-state index in [-0.39, 0.29) is 5.41 Å². The molecular formula is C15H23NO2. The zero-order valence-corrected chi connectivity index (χ0v) is 11.7. The molecule has 1 aliphatic heterocycles. The van der Waals surface area contributed by atoms with Crippen molar-refractivity contribution in [3.8, 4) is 11.5 Å². The highest BCUT2D eigenvalue weighted by Crippen LogP contribution is 2.40. The van der Waals surface area contributed by atoms with E-state index in [1.165, 1.54) is 5.56 Å². The topological polar surface area (TPSA) is 41.5 Å². The summed E-state index contributed by atoms with van der Waals surface area (Å²) in [6.07, 6.45) is 1.07. The van der Waals surface area contributed by atoms with Gasteiger partial charge in [0.15, 0.2) is 11.5 Å². The number of nitrogens with one attached hydrogen (secondary N) is 1. The Morgan fingerprint density at radius 2 is 2.06 bits per heavy atom. The summed E-state index contributed by atoms with van der Waals surface area (Å²) in [5, 5.41) is 13.6. The largest absolute Gasteiger partial charge is 0.504 e. The highest BCUT2D eigenvalue weighted by molar-refractivity contribution is 5.51. The molecule has 3 heteroatoms. The molecule has 1 unspecified atom stereocenters. The lowest BCUT2D eigenvalue weighted by molar-refractivity contribution is 0.367. The molecule has 1 fully saturated rings. The van der Waals surface area contributed by atoms with Crippen LogP contribution in [0.5, 0.6) is 11.5 Å². The maximum Gasteiger partial charge on any atom is 0.161 e. The molecule has 0 bridgehead atoms. The van der Waals surface area contributed by atoms with Crippen LogP contribution in [0, 0.1) is 0 Å². The molecule has 1 aromatic carbocycles. The van der Waals surface area contributed by atoms with Gasteiger partial charge in [0.1, 0.15) is 0 Å². The van der Waals surface area contributed by atoms with Gasteiger partial charge in [-0.2, -0.15) is 0 Å². The van der Waals surface area contributed by atoms with Crippen LogP contribution in [0.25, 0.3) is 0 Å². The molecule has 1 atom stereocenters. The van der Waals surface area contributed by atoms with Crippen LogP contribution in [0.2, 0.25) is 0 Å². The van der Waals surface area contributed by atoms with Crippen LogP contribution >= 0.6 is 0 Å². The summed E-state index contributed by atoms with van der Waals surface area (Å²) >= 11 is 0. The van der Waals surface area contributed by atoms with Crippen molar-refractivity contribution in [1.82, 2.24) is 5.32 Å². The fourth-order valence-electron chi connectivity index (χ4n) is 2.45. The lowest BCUT2D eigenvalue weighted by atomic mass is 9.83. The molecule has 18 heavy (non-hydrogen) atoms. The van der Waals surface area contributed by atoms with Crippen LogP contribution in [0.15, 0.2) is 12.1 Å². The van der Waals surface area contributed by atoms with Crippen molar-refractivity contribution >= 4 is 0 Å². The number of aromatic hydroxyl groups is 1.